The van der Waals surface area contributed by atoms with Crippen molar-refractivity contribution >= 4 is 11.6 Å². The van der Waals surface area contributed by atoms with Crippen LogP contribution in [0.5, 0.6) is 0 Å². The Hall–Kier alpha value is -1.75. The van der Waals surface area contributed by atoms with Crippen LogP contribution in [0.15, 0.2) is 35.3 Å². The molecule has 5 nitrogen and oxygen atoms in total. The van der Waals surface area contributed by atoms with Gasteiger partial charge in [-0.3, -0.25) is 4.99 Å². The number of anilines is 1. The molecule has 1 heterocycles. The van der Waals surface area contributed by atoms with Crippen LogP contribution in [0.3, 0.4) is 0 Å². The van der Waals surface area contributed by atoms with Crippen LogP contribution in [-0.4, -0.2) is 56.8 Å². The van der Waals surface area contributed by atoms with Crippen molar-refractivity contribution in [3.05, 3.63) is 30.3 Å². The van der Waals surface area contributed by atoms with Gasteiger partial charge in [0.2, 0.25) is 0 Å². The highest BCUT2D eigenvalue weighted by Crippen LogP contribution is 2.14. The average Bonchev–Trinajstić information content (AvgIpc) is 2.53. The second-order valence-electron chi connectivity index (χ2n) is 5.09. The maximum atomic E-state index is 6.04. The van der Waals surface area contributed by atoms with Crippen LogP contribution in [0.1, 0.15) is 6.92 Å². The van der Waals surface area contributed by atoms with Crippen LogP contribution >= 0.6 is 0 Å². The van der Waals surface area contributed by atoms with Gasteiger partial charge < -0.3 is 20.3 Å². The summed E-state index contributed by atoms with van der Waals surface area (Å²) in [7, 11) is 2.08. The molecule has 0 aliphatic carbocycles. The fraction of sp³-hybridized carbons (Fsp3) is 0.533. The van der Waals surface area contributed by atoms with Crippen LogP contribution < -0.4 is 10.6 Å². The highest BCUT2D eigenvalue weighted by atomic mass is 16.5. The van der Waals surface area contributed by atoms with Gasteiger partial charge in [0.05, 0.1) is 19.8 Å². The molecule has 1 atom stereocenters. The summed E-state index contributed by atoms with van der Waals surface area (Å²) in [5.41, 5.74) is 7.23. The number of hydrogen-bond acceptors (Lipinski definition) is 3. The highest BCUT2D eigenvalue weighted by molar-refractivity contribution is 5.78. The molecule has 0 saturated carbocycles. The maximum absolute atomic E-state index is 6.04. The first-order valence-electron chi connectivity index (χ1n) is 7.09. The zero-order valence-electron chi connectivity index (χ0n) is 12.3. The lowest BCUT2D eigenvalue weighted by Crippen LogP contribution is -2.45. The molecule has 0 amide bonds. The molecule has 1 aromatic rings. The van der Waals surface area contributed by atoms with Crippen LogP contribution in [-0.2, 0) is 4.74 Å². The van der Waals surface area contributed by atoms with Crippen LogP contribution in [0.25, 0.3) is 0 Å². The number of hydrogen-bond donors (Lipinski definition) is 1. The van der Waals surface area contributed by atoms with E-state index < -0.39 is 0 Å². The molecule has 20 heavy (non-hydrogen) atoms. The lowest BCUT2D eigenvalue weighted by Gasteiger charge is -2.29. The number of benzene rings is 1. The van der Waals surface area contributed by atoms with Crippen molar-refractivity contribution in [1.29, 1.82) is 0 Å². The van der Waals surface area contributed by atoms with Crippen molar-refractivity contribution in [2.24, 2.45) is 10.7 Å². The number of likely N-dealkylation sites (N-methyl/N-ethyl adjacent to an activating group) is 1. The molecular formula is C15H24N4O. The Morgan fingerprint density at radius 2 is 2.00 bits per heavy atom. The van der Waals surface area contributed by atoms with E-state index in [1.165, 1.54) is 5.69 Å². The SMILES string of the molecule is CC(CN=C(N)N1CCOCC1)N(C)c1ccccc1. The lowest BCUT2D eigenvalue weighted by molar-refractivity contribution is 0.0674. The molecule has 2 N–H and O–H groups in total. The van der Waals surface area contributed by atoms with E-state index >= 15 is 0 Å². The third-order valence-corrected chi connectivity index (χ3v) is 3.68. The molecule has 110 valence electrons. The summed E-state index contributed by atoms with van der Waals surface area (Å²) in [6.45, 7) is 5.97. The van der Waals surface area contributed by atoms with Gasteiger partial charge >= 0.3 is 0 Å². The number of nitrogens with two attached hydrogens (primary N) is 1. The topological polar surface area (TPSA) is 54.1 Å². The van der Waals surface area contributed by atoms with Crippen LogP contribution in [0, 0.1) is 0 Å². The number of aliphatic imine (C=N–C) groups is 1. The minimum atomic E-state index is 0.303. The molecule has 1 unspecified atom stereocenters. The Morgan fingerprint density at radius 3 is 2.65 bits per heavy atom. The van der Waals surface area contributed by atoms with Gasteiger partial charge in [-0.15, -0.1) is 0 Å². The summed E-state index contributed by atoms with van der Waals surface area (Å²) >= 11 is 0. The number of para-hydroxylation sites is 1. The smallest absolute Gasteiger partial charge is 0.191 e. The Morgan fingerprint density at radius 1 is 1.35 bits per heavy atom. The average molecular weight is 276 g/mol. The van der Waals surface area contributed by atoms with E-state index in [4.69, 9.17) is 10.5 Å². The number of ether oxygens (including phenoxy) is 1. The van der Waals surface area contributed by atoms with E-state index in [9.17, 15) is 0 Å². The Bertz CT molecular complexity index is 429. The fourth-order valence-electron chi connectivity index (χ4n) is 2.16. The monoisotopic (exact) mass is 276 g/mol. The molecule has 2 rings (SSSR count). The van der Waals surface area contributed by atoms with Gasteiger partial charge in [0.15, 0.2) is 5.96 Å². The molecule has 0 bridgehead atoms. The van der Waals surface area contributed by atoms with Gasteiger partial charge in [-0.1, -0.05) is 18.2 Å². The van der Waals surface area contributed by atoms with Gasteiger partial charge in [0.25, 0.3) is 0 Å². The van der Waals surface area contributed by atoms with E-state index in [0.717, 1.165) is 26.3 Å². The van der Waals surface area contributed by atoms with E-state index in [2.05, 4.69) is 40.9 Å². The predicted octanol–water partition coefficient (Wildman–Crippen LogP) is 1.16. The van der Waals surface area contributed by atoms with Gasteiger partial charge in [0, 0.05) is 31.9 Å². The summed E-state index contributed by atoms with van der Waals surface area (Å²) in [5.74, 6) is 0.626. The second-order valence-corrected chi connectivity index (χ2v) is 5.09. The number of nitrogens with zero attached hydrogens (tertiary/aromatic N) is 3. The largest absolute Gasteiger partial charge is 0.378 e. The van der Waals surface area contributed by atoms with Crippen molar-refractivity contribution in [2.45, 2.75) is 13.0 Å². The third kappa shape index (κ3) is 3.87. The number of morpholine rings is 1. The van der Waals surface area contributed by atoms with Crippen LogP contribution in [0.2, 0.25) is 0 Å². The van der Waals surface area contributed by atoms with E-state index in [1.54, 1.807) is 0 Å². The molecule has 0 spiro atoms. The zero-order valence-corrected chi connectivity index (χ0v) is 12.3. The molecule has 5 heteroatoms. The third-order valence-electron chi connectivity index (χ3n) is 3.68. The second kappa shape index (κ2) is 7.14. The molecule has 1 aromatic carbocycles. The van der Waals surface area contributed by atoms with Crippen LogP contribution in [0.4, 0.5) is 5.69 Å². The first-order chi connectivity index (χ1) is 9.68. The molecule has 1 saturated heterocycles. The summed E-state index contributed by atoms with van der Waals surface area (Å²) in [6.07, 6.45) is 0. The summed E-state index contributed by atoms with van der Waals surface area (Å²) in [4.78, 5) is 8.82. The molecule has 0 aromatic heterocycles. The molecule has 1 aliphatic heterocycles. The van der Waals surface area contributed by atoms with E-state index in [0.29, 0.717) is 18.5 Å². The minimum absolute atomic E-state index is 0.303. The van der Waals surface area contributed by atoms with Gasteiger partial charge in [-0.25, -0.2) is 0 Å². The van der Waals surface area contributed by atoms with Gasteiger partial charge in [-0.2, -0.15) is 0 Å². The van der Waals surface area contributed by atoms with Gasteiger partial charge in [0.1, 0.15) is 0 Å². The normalized spacial score (nSPS) is 17.9. The Balaban J connectivity index is 1.89. The highest BCUT2D eigenvalue weighted by Gasteiger charge is 2.13. The predicted molar refractivity (Wildman–Crippen MR) is 83.2 cm³/mol. The van der Waals surface area contributed by atoms with Crippen molar-refractivity contribution in [1.82, 2.24) is 4.90 Å². The molecule has 1 fully saturated rings. The molecular weight excluding hydrogens is 252 g/mol. The molecule has 0 radical (unpaired) electrons. The van der Waals surface area contributed by atoms with Gasteiger partial charge in [-0.05, 0) is 19.1 Å². The standard InChI is InChI=1S/C15H24N4O/c1-13(18(2)14-6-4-3-5-7-14)12-17-15(16)19-8-10-20-11-9-19/h3-7,13H,8-12H2,1-2H3,(H2,16,17). The maximum Gasteiger partial charge on any atom is 0.191 e. The summed E-state index contributed by atoms with van der Waals surface area (Å²) < 4.78 is 5.31. The fourth-order valence-corrected chi connectivity index (χ4v) is 2.16. The van der Waals surface area contributed by atoms with E-state index in [-0.39, 0.29) is 0 Å². The van der Waals surface area contributed by atoms with E-state index in [1.807, 2.05) is 18.2 Å². The number of rotatable bonds is 4. The first kappa shape index (κ1) is 14.7. The van der Waals surface area contributed by atoms with Crippen molar-refractivity contribution in [2.75, 3.05) is 44.8 Å². The summed E-state index contributed by atoms with van der Waals surface area (Å²) in [5, 5.41) is 0. The Kier molecular flexibility index (Phi) is 5.24. The molecule has 1 aliphatic rings. The van der Waals surface area contributed by atoms with Crippen molar-refractivity contribution < 1.29 is 4.74 Å². The first-order valence-corrected chi connectivity index (χ1v) is 7.09. The number of guanidine groups is 1. The lowest BCUT2D eigenvalue weighted by atomic mass is 10.2. The zero-order chi connectivity index (χ0) is 14.4. The quantitative estimate of drug-likeness (QED) is 0.662. The van der Waals surface area contributed by atoms with Crippen molar-refractivity contribution in [3.8, 4) is 0 Å². The minimum Gasteiger partial charge on any atom is -0.378 e. The summed E-state index contributed by atoms with van der Waals surface area (Å²) in [6, 6.07) is 10.6. The van der Waals surface area contributed by atoms with Crippen molar-refractivity contribution in [3.63, 3.8) is 0 Å². The Labute approximate surface area is 121 Å².